The summed E-state index contributed by atoms with van der Waals surface area (Å²) in [5.74, 6) is -0.626. The van der Waals surface area contributed by atoms with Crippen molar-refractivity contribution in [2.45, 2.75) is 39.0 Å². The van der Waals surface area contributed by atoms with Crippen LogP contribution in [0.4, 0.5) is 5.82 Å². The fraction of sp³-hybridized carbons (Fsp3) is 0.409. The van der Waals surface area contributed by atoms with E-state index in [1.807, 2.05) is 26.1 Å². The van der Waals surface area contributed by atoms with Crippen LogP contribution in [-0.2, 0) is 26.7 Å². The zero-order chi connectivity index (χ0) is 21.5. The van der Waals surface area contributed by atoms with Crippen LogP contribution in [0.15, 0.2) is 35.5 Å². The number of allylic oxidation sites excluding steroid dienone is 1. The minimum absolute atomic E-state index is 0.280. The largest absolute Gasteiger partial charge is 0.466 e. The molecule has 0 amide bonds. The van der Waals surface area contributed by atoms with Gasteiger partial charge in [-0.05, 0) is 18.6 Å². The molecule has 0 aliphatic carbocycles. The zero-order valence-electron chi connectivity index (χ0n) is 17.9. The van der Waals surface area contributed by atoms with Crippen molar-refractivity contribution in [3.8, 4) is 0 Å². The number of carbonyl (C=O) groups excluding carboxylic acids is 2. The van der Waals surface area contributed by atoms with E-state index in [1.165, 1.54) is 14.2 Å². The van der Waals surface area contributed by atoms with Gasteiger partial charge >= 0.3 is 11.9 Å². The Labute approximate surface area is 170 Å². The van der Waals surface area contributed by atoms with Gasteiger partial charge in [0, 0.05) is 29.6 Å². The summed E-state index contributed by atoms with van der Waals surface area (Å²) in [5.41, 5.74) is 3.64. The maximum absolute atomic E-state index is 12.8. The van der Waals surface area contributed by atoms with Crippen LogP contribution in [0.3, 0.4) is 0 Å². The maximum Gasteiger partial charge on any atom is 0.338 e. The number of nitrogens with zero attached hydrogens (tertiary/aromatic N) is 2. The number of hydrogen-bond acceptors (Lipinski definition) is 6. The van der Waals surface area contributed by atoms with Gasteiger partial charge in [0.25, 0.3) is 0 Å². The van der Waals surface area contributed by atoms with E-state index in [1.54, 1.807) is 16.8 Å². The lowest BCUT2D eigenvalue weighted by molar-refractivity contribution is -0.136. The van der Waals surface area contributed by atoms with Crippen LogP contribution in [0.1, 0.15) is 60.8 Å². The van der Waals surface area contributed by atoms with Crippen molar-refractivity contribution in [1.82, 2.24) is 9.78 Å². The average Bonchev–Trinajstić information content (AvgIpc) is 3.02. The van der Waals surface area contributed by atoms with Crippen molar-refractivity contribution in [2.24, 2.45) is 7.05 Å². The lowest BCUT2D eigenvalue weighted by Gasteiger charge is -2.31. The minimum atomic E-state index is -0.517. The Kier molecular flexibility index (Phi) is 5.26. The number of nitrogens with one attached hydrogen (secondary N) is 1. The molecule has 1 aromatic heterocycles. The molecule has 2 aromatic rings. The first kappa shape index (κ1) is 20.6. The zero-order valence-corrected chi connectivity index (χ0v) is 17.9. The smallest absolute Gasteiger partial charge is 0.338 e. The molecule has 0 bridgehead atoms. The molecule has 1 N–H and O–H groups in total. The second-order valence-electron chi connectivity index (χ2n) is 8.15. The van der Waals surface area contributed by atoms with Crippen LogP contribution in [-0.4, -0.2) is 35.9 Å². The number of methoxy groups -OCH3 is 2. The highest BCUT2D eigenvalue weighted by Gasteiger charge is 2.41. The summed E-state index contributed by atoms with van der Waals surface area (Å²) < 4.78 is 11.9. The molecule has 1 atom stereocenters. The van der Waals surface area contributed by atoms with Crippen LogP contribution < -0.4 is 5.32 Å². The monoisotopic (exact) mass is 397 g/mol. The number of benzene rings is 1. The topological polar surface area (TPSA) is 82.5 Å². The number of esters is 2. The van der Waals surface area contributed by atoms with Crippen molar-refractivity contribution in [3.63, 3.8) is 0 Å². The van der Waals surface area contributed by atoms with Gasteiger partial charge in [-0.1, -0.05) is 39.0 Å². The van der Waals surface area contributed by atoms with Gasteiger partial charge in [-0.25, -0.2) is 9.59 Å². The Morgan fingerprint density at radius 2 is 1.72 bits per heavy atom. The average molecular weight is 397 g/mol. The summed E-state index contributed by atoms with van der Waals surface area (Å²) >= 11 is 0. The maximum atomic E-state index is 12.8. The first-order valence-corrected chi connectivity index (χ1v) is 9.42. The highest BCUT2D eigenvalue weighted by atomic mass is 16.5. The molecule has 3 rings (SSSR count). The number of aryl methyl sites for hydroxylation is 1. The number of rotatable bonds is 3. The van der Waals surface area contributed by atoms with Gasteiger partial charge in [0.05, 0.1) is 31.1 Å². The summed E-state index contributed by atoms with van der Waals surface area (Å²) in [7, 11) is 4.57. The predicted molar refractivity (Wildman–Crippen MR) is 110 cm³/mol. The summed E-state index contributed by atoms with van der Waals surface area (Å²) in [6.45, 7) is 8.04. The van der Waals surface area contributed by atoms with Crippen LogP contribution in [0.5, 0.6) is 0 Å². The number of anilines is 1. The Morgan fingerprint density at radius 1 is 1.10 bits per heavy atom. The third-order valence-electron chi connectivity index (χ3n) is 5.16. The van der Waals surface area contributed by atoms with Crippen LogP contribution >= 0.6 is 0 Å². The molecule has 7 nitrogen and oxygen atoms in total. The standard InChI is InChI=1S/C22H27N3O4/c1-12-15(21(27)29-7)16(13-10-8-9-11-14(13)20(26)28-6)17-18(22(2,3)4)24-25(5)19(17)23-12/h8-11,16,23H,1-7H3. The first-order chi connectivity index (χ1) is 13.6. The molecule has 1 aliphatic heterocycles. The van der Waals surface area contributed by atoms with E-state index in [2.05, 4.69) is 26.1 Å². The van der Waals surface area contributed by atoms with E-state index in [0.29, 0.717) is 22.4 Å². The lowest BCUT2D eigenvalue weighted by Crippen LogP contribution is -2.27. The Morgan fingerprint density at radius 3 is 2.31 bits per heavy atom. The van der Waals surface area contributed by atoms with Gasteiger partial charge in [0.2, 0.25) is 0 Å². The molecular formula is C22H27N3O4. The van der Waals surface area contributed by atoms with Crippen molar-refractivity contribution in [2.75, 3.05) is 19.5 Å². The second-order valence-corrected chi connectivity index (χ2v) is 8.15. The van der Waals surface area contributed by atoms with Gasteiger partial charge in [-0.15, -0.1) is 0 Å². The van der Waals surface area contributed by atoms with E-state index in [4.69, 9.17) is 14.6 Å². The minimum Gasteiger partial charge on any atom is -0.466 e. The third-order valence-corrected chi connectivity index (χ3v) is 5.16. The van der Waals surface area contributed by atoms with E-state index < -0.39 is 17.9 Å². The summed E-state index contributed by atoms with van der Waals surface area (Å²) in [5, 5.41) is 8.06. The van der Waals surface area contributed by atoms with Crippen molar-refractivity contribution in [1.29, 1.82) is 0 Å². The molecule has 1 aromatic carbocycles. The SMILES string of the molecule is COC(=O)C1=C(C)Nc2c(c(C(C)(C)C)nn2C)C1c1ccccc1C(=O)OC. The molecule has 0 spiro atoms. The number of hydrogen-bond donors (Lipinski definition) is 1. The van der Waals surface area contributed by atoms with Crippen molar-refractivity contribution >= 4 is 17.8 Å². The Bertz CT molecular complexity index is 1010. The molecule has 0 saturated carbocycles. The first-order valence-electron chi connectivity index (χ1n) is 9.42. The Hall–Kier alpha value is -3.09. The van der Waals surface area contributed by atoms with Crippen LogP contribution in [0, 0.1) is 0 Å². The number of aromatic nitrogens is 2. The second kappa shape index (κ2) is 7.39. The quantitative estimate of drug-likeness (QED) is 0.798. The van der Waals surface area contributed by atoms with Crippen LogP contribution in [0.2, 0.25) is 0 Å². The molecule has 1 unspecified atom stereocenters. The van der Waals surface area contributed by atoms with Crippen LogP contribution in [0.25, 0.3) is 0 Å². The summed E-state index contributed by atoms with van der Waals surface area (Å²) in [6.07, 6.45) is 0. The van der Waals surface area contributed by atoms with E-state index in [9.17, 15) is 9.59 Å². The number of fused-ring (bicyclic) bond motifs is 1. The molecule has 29 heavy (non-hydrogen) atoms. The fourth-order valence-corrected chi connectivity index (χ4v) is 3.86. The van der Waals surface area contributed by atoms with Gasteiger partial charge in [-0.3, -0.25) is 4.68 Å². The normalized spacial score (nSPS) is 16.2. The van der Waals surface area contributed by atoms with Gasteiger partial charge in [0.1, 0.15) is 5.82 Å². The summed E-state index contributed by atoms with van der Waals surface area (Å²) in [6, 6.07) is 7.18. The van der Waals surface area contributed by atoms with Crippen molar-refractivity contribution < 1.29 is 19.1 Å². The molecule has 0 radical (unpaired) electrons. The molecule has 154 valence electrons. The van der Waals surface area contributed by atoms with E-state index in [-0.39, 0.29) is 5.41 Å². The van der Waals surface area contributed by atoms with Gasteiger partial charge < -0.3 is 14.8 Å². The van der Waals surface area contributed by atoms with E-state index in [0.717, 1.165) is 17.1 Å². The molecule has 0 fully saturated rings. The molecule has 0 saturated heterocycles. The third kappa shape index (κ3) is 3.41. The van der Waals surface area contributed by atoms with Gasteiger partial charge in [0.15, 0.2) is 0 Å². The summed E-state index contributed by atoms with van der Waals surface area (Å²) in [4.78, 5) is 25.3. The van der Waals surface area contributed by atoms with Gasteiger partial charge in [-0.2, -0.15) is 5.10 Å². The fourth-order valence-electron chi connectivity index (χ4n) is 3.86. The highest BCUT2D eigenvalue weighted by Crippen LogP contribution is 2.47. The molecule has 2 heterocycles. The predicted octanol–water partition coefficient (Wildman–Crippen LogP) is 3.51. The molecule has 7 heteroatoms. The lowest BCUT2D eigenvalue weighted by atomic mass is 9.76. The molecular weight excluding hydrogens is 370 g/mol. The van der Waals surface area contributed by atoms with Crippen molar-refractivity contribution in [3.05, 3.63) is 57.9 Å². The molecule has 1 aliphatic rings. The Balaban J connectivity index is 2.40. The highest BCUT2D eigenvalue weighted by molar-refractivity contribution is 5.97. The van der Waals surface area contributed by atoms with E-state index >= 15 is 0 Å². The number of ether oxygens (including phenoxy) is 2. The number of carbonyl (C=O) groups is 2.